The van der Waals surface area contributed by atoms with E-state index in [0.717, 1.165) is 0 Å². The Morgan fingerprint density at radius 2 is 2.45 bits per heavy atom. The summed E-state index contributed by atoms with van der Waals surface area (Å²) in [5.74, 6) is 0.984. The van der Waals surface area contributed by atoms with Crippen LogP contribution in [-0.4, -0.2) is 29.9 Å². The van der Waals surface area contributed by atoms with Gasteiger partial charge in [0.05, 0.1) is 11.9 Å². The van der Waals surface area contributed by atoms with Crippen molar-refractivity contribution in [3.63, 3.8) is 0 Å². The molecule has 0 aliphatic carbocycles. The summed E-state index contributed by atoms with van der Waals surface area (Å²) < 4.78 is 0. The number of nitrogens with one attached hydrogen (secondary N) is 1. The summed E-state index contributed by atoms with van der Waals surface area (Å²) in [5, 5.41) is 2.58. The van der Waals surface area contributed by atoms with Crippen molar-refractivity contribution in [2.75, 3.05) is 11.6 Å². The summed E-state index contributed by atoms with van der Waals surface area (Å²) >= 11 is 1.43. The van der Waals surface area contributed by atoms with Crippen molar-refractivity contribution in [2.24, 2.45) is 5.73 Å². The highest BCUT2D eigenvalue weighted by Crippen LogP contribution is 1.96. The van der Waals surface area contributed by atoms with E-state index in [1.807, 2.05) is 0 Å². The first-order valence-electron chi connectivity index (χ1n) is 3.20. The molecule has 0 bridgehead atoms. The number of hydrogen-bond acceptors (Lipinski definition) is 4. The Hall–Kier alpha value is -0.550. The van der Waals surface area contributed by atoms with E-state index in [1.54, 1.807) is 0 Å². The molecule has 0 aromatic rings. The van der Waals surface area contributed by atoms with Gasteiger partial charge in [-0.2, -0.15) is 0 Å². The van der Waals surface area contributed by atoms with Crippen LogP contribution in [0.25, 0.3) is 0 Å². The monoisotopic (exact) mass is 176 g/mol. The van der Waals surface area contributed by atoms with Crippen LogP contribution in [0.1, 0.15) is 6.92 Å². The van der Waals surface area contributed by atoms with E-state index in [4.69, 9.17) is 5.73 Å². The van der Waals surface area contributed by atoms with E-state index in [0.29, 0.717) is 17.9 Å². The van der Waals surface area contributed by atoms with Gasteiger partial charge in [-0.1, -0.05) is 0 Å². The lowest BCUT2D eigenvalue weighted by atomic mass is 10.4. The molecule has 4 nitrogen and oxygen atoms in total. The maximum absolute atomic E-state index is 10.3. The van der Waals surface area contributed by atoms with E-state index < -0.39 is 6.04 Å². The van der Waals surface area contributed by atoms with Gasteiger partial charge in [0.15, 0.2) is 0 Å². The number of nitrogens with two attached hydrogens (primary N) is 1. The molecule has 0 aromatic carbocycles. The van der Waals surface area contributed by atoms with Gasteiger partial charge in [-0.25, -0.2) is 0 Å². The molecule has 0 radical (unpaired) electrons. The quantitative estimate of drug-likeness (QED) is 0.331. The molecule has 0 rings (SSSR count). The van der Waals surface area contributed by atoms with E-state index in [-0.39, 0.29) is 5.91 Å². The Kier molecular flexibility index (Phi) is 5.87. The third-order valence-corrected chi connectivity index (χ3v) is 1.88. The molecule has 5 heteroatoms. The summed E-state index contributed by atoms with van der Waals surface area (Å²) in [4.78, 5) is 20.3. The highest BCUT2D eigenvalue weighted by atomic mass is 32.2. The molecular formula is C6H12N2O2S. The van der Waals surface area contributed by atoms with Gasteiger partial charge in [0, 0.05) is 12.7 Å². The normalized spacial score (nSPS) is 12.2. The van der Waals surface area contributed by atoms with Crippen LogP contribution >= 0.6 is 11.8 Å². The molecular weight excluding hydrogens is 164 g/mol. The van der Waals surface area contributed by atoms with E-state index in [1.165, 1.54) is 18.7 Å². The smallest absolute Gasteiger partial charge is 0.217 e. The fourth-order valence-corrected chi connectivity index (χ4v) is 1.16. The molecule has 0 saturated carbocycles. The molecule has 0 aliphatic heterocycles. The molecule has 64 valence electrons. The molecule has 0 aliphatic rings. The third-order valence-electron chi connectivity index (χ3n) is 0.908. The molecule has 1 atom stereocenters. The van der Waals surface area contributed by atoms with Gasteiger partial charge in [0.1, 0.15) is 6.29 Å². The topological polar surface area (TPSA) is 72.2 Å². The van der Waals surface area contributed by atoms with Crippen molar-refractivity contribution < 1.29 is 9.59 Å². The molecule has 0 heterocycles. The molecule has 3 N–H and O–H groups in total. The lowest BCUT2D eigenvalue weighted by Crippen LogP contribution is -2.26. The van der Waals surface area contributed by atoms with Gasteiger partial charge in [0.25, 0.3) is 0 Å². The zero-order valence-electron chi connectivity index (χ0n) is 6.37. The molecule has 11 heavy (non-hydrogen) atoms. The van der Waals surface area contributed by atoms with E-state index in [9.17, 15) is 9.59 Å². The highest BCUT2D eigenvalue weighted by Gasteiger charge is 1.98. The van der Waals surface area contributed by atoms with Crippen molar-refractivity contribution in [1.29, 1.82) is 0 Å². The lowest BCUT2D eigenvalue weighted by Gasteiger charge is -2.03. The zero-order chi connectivity index (χ0) is 8.69. The standard InChI is InChI=1S/C6H12N2O2S/c1-5(10)8-4-11-3-6(7)2-9/h2,6H,3-4,7H2,1H3,(H,8,10). The van der Waals surface area contributed by atoms with Crippen molar-refractivity contribution in [2.45, 2.75) is 13.0 Å². The number of aldehydes is 1. The summed E-state index contributed by atoms with van der Waals surface area (Å²) in [6.07, 6.45) is 0.695. The third kappa shape index (κ3) is 7.35. The predicted octanol–water partition coefficient (Wildman–Crippen LogP) is -0.661. The van der Waals surface area contributed by atoms with Crippen LogP contribution in [0.5, 0.6) is 0 Å². The van der Waals surface area contributed by atoms with Crippen molar-refractivity contribution >= 4 is 24.0 Å². The van der Waals surface area contributed by atoms with Gasteiger partial charge in [-0.15, -0.1) is 11.8 Å². The van der Waals surface area contributed by atoms with Gasteiger partial charge in [0.2, 0.25) is 5.91 Å². The molecule has 1 amide bonds. The van der Waals surface area contributed by atoms with Crippen LogP contribution in [0.2, 0.25) is 0 Å². The van der Waals surface area contributed by atoms with Crippen LogP contribution < -0.4 is 11.1 Å². The second-order valence-electron chi connectivity index (χ2n) is 2.05. The summed E-state index contributed by atoms with van der Waals surface area (Å²) in [5.41, 5.74) is 5.29. The van der Waals surface area contributed by atoms with E-state index in [2.05, 4.69) is 5.32 Å². The maximum Gasteiger partial charge on any atom is 0.217 e. The number of amides is 1. The van der Waals surface area contributed by atoms with Crippen molar-refractivity contribution in [3.8, 4) is 0 Å². The first-order valence-corrected chi connectivity index (χ1v) is 4.35. The Morgan fingerprint density at radius 3 is 2.91 bits per heavy atom. The summed E-state index contributed by atoms with van der Waals surface area (Å²) in [7, 11) is 0. The summed E-state index contributed by atoms with van der Waals surface area (Å²) in [6.45, 7) is 1.44. The van der Waals surface area contributed by atoms with Crippen molar-refractivity contribution in [3.05, 3.63) is 0 Å². The minimum absolute atomic E-state index is 0.0721. The fourth-order valence-electron chi connectivity index (χ4n) is 0.387. The van der Waals surface area contributed by atoms with Crippen LogP contribution in [0.4, 0.5) is 0 Å². The SMILES string of the molecule is CC(=O)NCSCC(N)C=O. The van der Waals surface area contributed by atoms with E-state index >= 15 is 0 Å². The number of rotatable bonds is 5. The van der Waals surface area contributed by atoms with Crippen LogP contribution in [0, 0.1) is 0 Å². The number of thioether (sulfide) groups is 1. The average Bonchev–Trinajstić information content (AvgIpc) is 1.97. The van der Waals surface area contributed by atoms with Gasteiger partial charge >= 0.3 is 0 Å². The second-order valence-corrected chi connectivity index (χ2v) is 3.08. The minimum Gasteiger partial charge on any atom is -0.347 e. The number of carbonyl (C=O) groups is 2. The van der Waals surface area contributed by atoms with Crippen LogP contribution in [0.15, 0.2) is 0 Å². The first kappa shape index (κ1) is 10.4. The fraction of sp³-hybridized carbons (Fsp3) is 0.667. The maximum atomic E-state index is 10.3. The average molecular weight is 176 g/mol. The van der Waals surface area contributed by atoms with Crippen molar-refractivity contribution in [1.82, 2.24) is 5.32 Å². The second kappa shape index (κ2) is 6.18. The van der Waals surface area contributed by atoms with Gasteiger partial charge < -0.3 is 15.8 Å². The Bertz CT molecular complexity index is 141. The summed E-state index contributed by atoms with van der Waals surface area (Å²) in [6, 6.07) is -0.422. The molecule has 0 spiro atoms. The number of carbonyl (C=O) groups excluding carboxylic acids is 2. The van der Waals surface area contributed by atoms with Crippen LogP contribution in [0.3, 0.4) is 0 Å². The predicted molar refractivity (Wildman–Crippen MR) is 45.2 cm³/mol. The van der Waals surface area contributed by atoms with Gasteiger partial charge in [-0.3, -0.25) is 4.79 Å². The molecule has 0 fully saturated rings. The van der Waals surface area contributed by atoms with Gasteiger partial charge in [-0.05, 0) is 0 Å². The first-order chi connectivity index (χ1) is 5.16. The Labute approximate surface area is 69.9 Å². The number of hydrogen-bond donors (Lipinski definition) is 2. The largest absolute Gasteiger partial charge is 0.347 e. The highest BCUT2D eigenvalue weighted by molar-refractivity contribution is 7.99. The van der Waals surface area contributed by atoms with Crippen LogP contribution in [-0.2, 0) is 9.59 Å². The molecule has 0 aromatic heterocycles. The lowest BCUT2D eigenvalue weighted by molar-refractivity contribution is -0.118. The minimum atomic E-state index is -0.422. The molecule has 0 saturated heterocycles. The Morgan fingerprint density at radius 1 is 1.82 bits per heavy atom. The Balaban J connectivity index is 3.14. The molecule has 1 unspecified atom stereocenters. The zero-order valence-corrected chi connectivity index (χ0v) is 7.19.